The summed E-state index contributed by atoms with van der Waals surface area (Å²) in [5.74, 6) is 0. The summed E-state index contributed by atoms with van der Waals surface area (Å²) in [4.78, 5) is 0. The molecular formula is C10H24P2. The van der Waals surface area contributed by atoms with E-state index in [1.165, 1.54) is 42.3 Å². The van der Waals surface area contributed by atoms with Crippen LogP contribution < -0.4 is 0 Å². The van der Waals surface area contributed by atoms with Gasteiger partial charge in [0.25, 0.3) is 0 Å². The summed E-state index contributed by atoms with van der Waals surface area (Å²) in [5.41, 5.74) is 1.96. The first-order chi connectivity index (χ1) is 5.70. The van der Waals surface area contributed by atoms with Crippen molar-refractivity contribution in [3.05, 3.63) is 0 Å². The zero-order valence-electron chi connectivity index (χ0n) is 8.98. The van der Waals surface area contributed by atoms with Crippen LogP contribution in [-0.2, 0) is 0 Å². The van der Waals surface area contributed by atoms with Gasteiger partial charge in [-0.3, -0.25) is 0 Å². The van der Waals surface area contributed by atoms with Crippen molar-refractivity contribution in [2.45, 2.75) is 51.9 Å². The Morgan fingerprint density at radius 2 is 1.17 bits per heavy atom. The normalized spacial score (nSPS) is 18.0. The average molecular weight is 206 g/mol. The van der Waals surface area contributed by atoms with Gasteiger partial charge in [-0.25, -0.2) is 0 Å². The number of hydrogen-bond acceptors (Lipinski definition) is 0. The molecule has 0 heterocycles. The highest BCUT2D eigenvalue weighted by Crippen LogP contribution is 2.27. The van der Waals surface area contributed by atoms with Crippen molar-refractivity contribution in [3.8, 4) is 0 Å². The van der Waals surface area contributed by atoms with Crippen LogP contribution in [0, 0.1) is 0 Å². The predicted molar refractivity (Wildman–Crippen MR) is 65.9 cm³/mol. The van der Waals surface area contributed by atoms with Crippen LogP contribution in [-0.4, -0.2) is 23.6 Å². The van der Waals surface area contributed by atoms with Gasteiger partial charge in [-0.15, -0.1) is 17.2 Å². The Kier molecular flexibility index (Phi) is 9.06. The molecule has 74 valence electrons. The molecular weight excluding hydrogens is 182 g/mol. The first kappa shape index (κ1) is 12.9. The van der Waals surface area contributed by atoms with E-state index in [9.17, 15) is 0 Å². The maximum absolute atomic E-state index is 2.38. The first-order valence-corrected chi connectivity index (χ1v) is 7.74. The lowest BCUT2D eigenvalue weighted by molar-refractivity contribution is 0.894. The van der Waals surface area contributed by atoms with Crippen LogP contribution in [0.25, 0.3) is 0 Å². The van der Waals surface area contributed by atoms with E-state index in [1.807, 2.05) is 0 Å². The van der Waals surface area contributed by atoms with Gasteiger partial charge in [0.05, 0.1) is 0 Å². The molecule has 0 aliphatic carbocycles. The van der Waals surface area contributed by atoms with Crippen LogP contribution in [0.2, 0.25) is 0 Å². The van der Waals surface area contributed by atoms with E-state index >= 15 is 0 Å². The summed E-state index contributed by atoms with van der Waals surface area (Å²) < 4.78 is 0. The van der Waals surface area contributed by atoms with Crippen molar-refractivity contribution < 1.29 is 0 Å². The third-order valence-electron chi connectivity index (χ3n) is 2.34. The lowest BCUT2D eigenvalue weighted by Gasteiger charge is -2.10. The minimum absolute atomic E-state index is 0.978. The fraction of sp³-hybridized carbons (Fsp3) is 1.00. The second-order valence-electron chi connectivity index (χ2n) is 3.53. The summed E-state index contributed by atoms with van der Waals surface area (Å²) in [5, 5.41) is 0. The van der Waals surface area contributed by atoms with Crippen LogP contribution in [0.5, 0.6) is 0 Å². The van der Waals surface area contributed by atoms with Gasteiger partial charge in [0.2, 0.25) is 0 Å². The molecule has 2 heteroatoms. The maximum atomic E-state index is 2.38. The van der Waals surface area contributed by atoms with Crippen molar-refractivity contribution in [3.63, 3.8) is 0 Å². The van der Waals surface area contributed by atoms with Crippen LogP contribution in [0.1, 0.15) is 40.5 Å². The van der Waals surface area contributed by atoms with Gasteiger partial charge < -0.3 is 0 Å². The molecule has 0 bridgehead atoms. The lowest BCUT2D eigenvalue weighted by atomic mass is 10.4. The molecule has 0 amide bonds. The van der Waals surface area contributed by atoms with Crippen molar-refractivity contribution in [1.82, 2.24) is 0 Å². The van der Waals surface area contributed by atoms with Gasteiger partial charge in [-0.2, -0.15) is 0 Å². The maximum Gasteiger partial charge on any atom is -0.0268 e. The van der Waals surface area contributed by atoms with E-state index in [0.29, 0.717) is 0 Å². The molecule has 4 atom stereocenters. The van der Waals surface area contributed by atoms with Gasteiger partial charge in [0, 0.05) is 0 Å². The highest BCUT2D eigenvalue weighted by molar-refractivity contribution is 7.43. The lowest BCUT2D eigenvalue weighted by Crippen LogP contribution is -1.96. The molecule has 12 heavy (non-hydrogen) atoms. The monoisotopic (exact) mass is 206 g/mol. The second kappa shape index (κ2) is 8.46. The van der Waals surface area contributed by atoms with Crippen molar-refractivity contribution in [1.29, 1.82) is 0 Å². The zero-order chi connectivity index (χ0) is 9.40. The second-order valence-corrected chi connectivity index (χ2v) is 7.31. The molecule has 0 aromatic heterocycles. The molecule has 0 radical (unpaired) electrons. The Balaban J connectivity index is 3.10. The van der Waals surface area contributed by atoms with Gasteiger partial charge in [0.15, 0.2) is 0 Å². The van der Waals surface area contributed by atoms with Crippen molar-refractivity contribution in [2.75, 3.05) is 12.3 Å². The molecule has 0 N–H and O–H groups in total. The van der Waals surface area contributed by atoms with Crippen molar-refractivity contribution >= 4 is 17.2 Å². The van der Waals surface area contributed by atoms with E-state index < -0.39 is 0 Å². The molecule has 4 unspecified atom stereocenters. The smallest absolute Gasteiger partial charge is 0.0268 e. The van der Waals surface area contributed by atoms with Crippen molar-refractivity contribution in [2.24, 2.45) is 0 Å². The predicted octanol–water partition coefficient (Wildman–Crippen LogP) is 3.94. The van der Waals surface area contributed by atoms with Gasteiger partial charge in [0.1, 0.15) is 0 Å². The van der Waals surface area contributed by atoms with Crippen LogP contribution in [0.4, 0.5) is 0 Å². The Hall–Kier alpha value is 0.860. The largest absolute Gasteiger partial charge is 0.119 e. The third-order valence-corrected chi connectivity index (χ3v) is 6.12. The van der Waals surface area contributed by atoms with E-state index in [-0.39, 0.29) is 0 Å². The molecule has 0 aromatic rings. The van der Waals surface area contributed by atoms with Crippen LogP contribution in [0.3, 0.4) is 0 Å². The quantitative estimate of drug-likeness (QED) is 0.437. The fourth-order valence-electron chi connectivity index (χ4n) is 0.926. The molecule has 0 fully saturated rings. The first-order valence-electron chi connectivity index (χ1n) is 5.17. The molecule has 0 aliphatic rings. The van der Waals surface area contributed by atoms with Crippen LogP contribution in [0.15, 0.2) is 0 Å². The van der Waals surface area contributed by atoms with Gasteiger partial charge >= 0.3 is 0 Å². The number of rotatable bonds is 7. The van der Waals surface area contributed by atoms with Gasteiger partial charge in [-0.05, 0) is 36.5 Å². The highest BCUT2D eigenvalue weighted by Gasteiger charge is 2.00. The average Bonchev–Trinajstić information content (AvgIpc) is 2.11. The summed E-state index contributed by atoms with van der Waals surface area (Å²) in [6.07, 6.45) is 5.70. The van der Waals surface area contributed by atoms with E-state index in [1.54, 1.807) is 0 Å². The number of hydrogen-bond donors (Lipinski definition) is 0. The van der Waals surface area contributed by atoms with E-state index in [2.05, 4.69) is 27.7 Å². The summed E-state index contributed by atoms with van der Waals surface area (Å²) in [6, 6.07) is 0. The van der Waals surface area contributed by atoms with Gasteiger partial charge in [-0.1, -0.05) is 27.7 Å². The topological polar surface area (TPSA) is 0 Å². The zero-order valence-corrected chi connectivity index (χ0v) is 11.0. The molecule has 0 nitrogen and oxygen atoms in total. The summed E-state index contributed by atoms with van der Waals surface area (Å²) in [7, 11) is 2.43. The minimum Gasteiger partial charge on any atom is -0.119 e. The summed E-state index contributed by atoms with van der Waals surface area (Å²) >= 11 is 0. The molecule has 0 rings (SSSR count). The Labute approximate surface area is 81.9 Å². The summed E-state index contributed by atoms with van der Waals surface area (Å²) in [6.45, 7) is 9.36. The SMILES string of the molecule is CCC(C)PCCPC(C)CC. The highest BCUT2D eigenvalue weighted by atomic mass is 31.1. The standard InChI is InChI=1S/C10H24P2/c1-5-9(3)11-7-8-12-10(4)6-2/h9-12H,5-8H2,1-4H3. The minimum atomic E-state index is 0.978. The fourth-order valence-corrected chi connectivity index (χ4v) is 3.64. The Morgan fingerprint density at radius 1 is 0.833 bits per heavy atom. The molecule has 0 aliphatic heterocycles. The van der Waals surface area contributed by atoms with Crippen LogP contribution >= 0.6 is 17.2 Å². The Bertz CT molecular complexity index is 81.8. The van der Waals surface area contributed by atoms with E-state index in [4.69, 9.17) is 0 Å². The molecule has 0 saturated heterocycles. The molecule has 0 saturated carbocycles. The molecule has 0 aromatic carbocycles. The van der Waals surface area contributed by atoms with E-state index in [0.717, 1.165) is 11.3 Å². The molecule has 0 spiro atoms. The third kappa shape index (κ3) is 7.51. The Morgan fingerprint density at radius 3 is 1.42 bits per heavy atom.